The molecule has 0 spiro atoms. The molecule has 0 aliphatic heterocycles. The third kappa shape index (κ3) is 4.76. The number of rotatable bonds is 7. The molecule has 0 bridgehead atoms. The summed E-state index contributed by atoms with van der Waals surface area (Å²) in [6.45, 7) is 7.21. The lowest BCUT2D eigenvalue weighted by Gasteiger charge is -2.14. The minimum Gasteiger partial charge on any atom is -0.313 e. The van der Waals surface area contributed by atoms with E-state index >= 15 is 0 Å². The number of nitrogens with one attached hydrogen (secondary N) is 2. The first-order chi connectivity index (χ1) is 8.90. The largest absolute Gasteiger partial charge is 0.313 e. The first-order valence-electron chi connectivity index (χ1n) is 6.42. The molecule has 1 aromatic rings. The van der Waals surface area contributed by atoms with Gasteiger partial charge in [0.2, 0.25) is 10.0 Å². The summed E-state index contributed by atoms with van der Waals surface area (Å²) in [5, 5.41) is 3.40. The number of hydrogen-bond donors (Lipinski definition) is 2. The minimum absolute atomic E-state index is 0.113. The molecule has 1 aromatic carbocycles. The molecule has 6 heteroatoms. The Hall–Kier alpha value is -0.620. The van der Waals surface area contributed by atoms with Crippen LogP contribution in [0.4, 0.5) is 0 Å². The molecule has 0 fully saturated rings. The van der Waals surface area contributed by atoms with E-state index in [2.05, 4.69) is 10.0 Å². The summed E-state index contributed by atoms with van der Waals surface area (Å²) in [4.78, 5) is 0.143. The van der Waals surface area contributed by atoms with Gasteiger partial charge in [-0.25, -0.2) is 13.1 Å². The molecule has 19 heavy (non-hydrogen) atoms. The fourth-order valence-electron chi connectivity index (χ4n) is 1.54. The zero-order valence-electron chi connectivity index (χ0n) is 11.5. The predicted octanol–water partition coefficient (Wildman–Crippen LogP) is 2.53. The topological polar surface area (TPSA) is 58.2 Å². The molecule has 0 saturated heterocycles. The van der Waals surface area contributed by atoms with E-state index in [9.17, 15) is 8.42 Å². The molecule has 1 atom stereocenters. The van der Waals surface area contributed by atoms with Crippen molar-refractivity contribution in [3.05, 3.63) is 28.8 Å². The first-order valence-corrected chi connectivity index (χ1v) is 8.28. The van der Waals surface area contributed by atoms with E-state index in [1.54, 1.807) is 12.1 Å². The lowest BCUT2D eigenvalue weighted by Crippen LogP contribution is -2.32. The Labute approximate surface area is 120 Å². The van der Waals surface area contributed by atoms with Crippen molar-refractivity contribution in [2.75, 3.05) is 6.54 Å². The van der Waals surface area contributed by atoms with E-state index < -0.39 is 10.0 Å². The number of benzene rings is 1. The maximum absolute atomic E-state index is 12.2. The molecule has 0 saturated carbocycles. The standard InChI is InChI=1S/C13H21ClN2O2S/c1-4-10(3)16-19(17,18)13-8-11(9-15-5-2)6-7-12(13)14/h6-8,10,15-16H,4-5,9H2,1-3H3. The highest BCUT2D eigenvalue weighted by Crippen LogP contribution is 2.23. The van der Waals surface area contributed by atoms with Crippen molar-refractivity contribution in [3.63, 3.8) is 0 Å². The number of halogens is 1. The Bertz CT molecular complexity index is 517. The van der Waals surface area contributed by atoms with Gasteiger partial charge in [0.1, 0.15) is 4.90 Å². The van der Waals surface area contributed by atoms with Crippen LogP contribution in [0.15, 0.2) is 23.1 Å². The second kappa shape index (κ2) is 7.24. The van der Waals surface area contributed by atoms with Crippen LogP contribution >= 0.6 is 11.6 Å². The van der Waals surface area contributed by atoms with Gasteiger partial charge >= 0.3 is 0 Å². The second-order valence-electron chi connectivity index (χ2n) is 4.48. The molecule has 0 aliphatic carbocycles. The highest BCUT2D eigenvalue weighted by Gasteiger charge is 2.20. The van der Waals surface area contributed by atoms with Crippen LogP contribution in [0.3, 0.4) is 0 Å². The monoisotopic (exact) mass is 304 g/mol. The van der Waals surface area contributed by atoms with Gasteiger partial charge < -0.3 is 5.32 Å². The number of sulfonamides is 1. The average Bonchev–Trinajstić information content (AvgIpc) is 2.37. The van der Waals surface area contributed by atoms with E-state index in [1.165, 1.54) is 0 Å². The normalized spacial score (nSPS) is 13.5. The van der Waals surface area contributed by atoms with E-state index in [4.69, 9.17) is 11.6 Å². The maximum Gasteiger partial charge on any atom is 0.242 e. The first kappa shape index (κ1) is 16.4. The summed E-state index contributed by atoms with van der Waals surface area (Å²) in [6.07, 6.45) is 0.730. The smallest absolute Gasteiger partial charge is 0.242 e. The van der Waals surface area contributed by atoms with Crippen LogP contribution in [0.2, 0.25) is 5.02 Å². The zero-order chi connectivity index (χ0) is 14.5. The molecule has 0 amide bonds. The van der Waals surface area contributed by atoms with Crippen molar-refractivity contribution in [1.29, 1.82) is 0 Å². The Morgan fingerprint density at radius 3 is 2.58 bits per heavy atom. The van der Waals surface area contributed by atoms with Gasteiger partial charge in [0.25, 0.3) is 0 Å². The summed E-state index contributed by atoms with van der Waals surface area (Å²) in [6, 6.07) is 4.96. The zero-order valence-corrected chi connectivity index (χ0v) is 13.1. The molecular formula is C13H21ClN2O2S. The summed E-state index contributed by atoms with van der Waals surface area (Å²) in [7, 11) is -3.56. The molecule has 0 radical (unpaired) electrons. The van der Waals surface area contributed by atoms with Crippen molar-refractivity contribution >= 4 is 21.6 Å². The summed E-state index contributed by atoms with van der Waals surface area (Å²) in [5.41, 5.74) is 0.899. The average molecular weight is 305 g/mol. The number of hydrogen-bond acceptors (Lipinski definition) is 3. The van der Waals surface area contributed by atoms with Crippen molar-refractivity contribution < 1.29 is 8.42 Å². The van der Waals surface area contributed by atoms with Crippen molar-refractivity contribution in [3.8, 4) is 0 Å². The summed E-state index contributed by atoms with van der Waals surface area (Å²) in [5.74, 6) is 0. The molecule has 0 aromatic heterocycles. The SMILES string of the molecule is CCNCc1ccc(Cl)c(S(=O)(=O)NC(C)CC)c1. The highest BCUT2D eigenvalue weighted by molar-refractivity contribution is 7.89. The minimum atomic E-state index is -3.56. The van der Waals surface area contributed by atoms with Gasteiger partial charge in [0.15, 0.2) is 0 Å². The van der Waals surface area contributed by atoms with Crippen LogP contribution in [0.5, 0.6) is 0 Å². The molecular weight excluding hydrogens is 284 g/mol. The maximum atomic E-state index is 12.2. The highest BCUT2D eigenvalue weighted by atomic mass is 35.5. The molecule has 0 aliphatic rings. The lowest BCUT2D eigenvalue weighted by molar-refractivity contribution is 0.555. The summed E-state index contributed by atoms with van der Waals surface area (Å²) < 4.78 is 27.1. The van der Waals surface area contributed by atoms with Crippen molar-refractivity contribution in [2.45, 2.75) is 44.7 Å². The van der Waals surface area contributed by atoms with Crippen LogP contribution < -0.4 is 10.0 Å². The van der Waals surface area contributed by atoms with Gasteiger partial charge in [-0.3, -0.25) is 0 Å². The Kier molecular flexibility index (Phi) is 6.26. The fraction of sp³-hybridized carbons (Fsp3) is 0.538. The summed E-state index contributed by atoms with van der Waals surface area (Å²) >= 11 is 6.00. The van der Waals surface area contributed by atoms with Gasteiger partial charge in [0.05, 0.1) is 5.02 Å². The van der Waals surface area contributed by atoms with Crippen LogP contribution in [0.1, 0.15) is 32.8 Å². The molecule has 1 rings (SSSR count). The van der Waals surface area contributed by atoms with Gasteiger partial charge in [-0.1, -0.05) is 31.5 Å². The molecule has 2 N–H and O–H groups in total. The van der Waals surface area contributed by atoms with Gasteiger partial charge in [0, 0.05) is 12.6 Å². The molecule has 108 valence electrons. The van der Waals surface area contributed by atoms with Crippen molar-refractivity contribution in [1.82, 2.24) is 10.0 Å². The van der Waals surface area contributed by atoms with Crippen LogP contribution in [0, 0.1) is 0 Å². The van der Waals surface area contributed by atoms with Crippen LogP contribution in [0.25, 0.3) is 0 Å². The quantitative estimate of drug-likeness (QED) is 0.814. The van der Waals surface area contributed by atoms with E-state index in [0.29, 0.717) is 6.54 Å². The Morgan fingerprint density at radius 1 is 1.32 bits per heavy atom. The van der Waals surface area contributed by atoms with E-state index in [-0.39, 0.29) is 16.0 Å². The third-order valence-electron chi connectivity index (χ3n) is 2.83. The third-order valence-corrected chi connectivity index (χ3v) is 4.90. The van der Waals surface area contributed by atoms with Gasteiger partial charge in [-0.2, -0.15) is 0 Å². The second-order valence-corrected chi connectivity index (χ2v) is 6.57. The Balaban J connectivity index is 3.04. The molecule has 0 heterocycles. The van der Waals surface area contributed by atoms with Gasteiger partial charge in [-0.15, -0.1) is 0 Å². The Morgan fingerprint density at radius 2 is 2.00 bits per heavy atom. The fourth-order valence-corrected chi connectivity index (χ4v) is 3.42. The molecule has 1 unspecified atom stereocenters. The predicted molar refractivity (Wildman–Crippen MR) is 78.9 cm³/mol. The van der Waals surface area contributed by atoms with Gasteiger partial charge in [-0.05, 0) is 37.6 Å². The van der Waals surface area contributed by atoms with Crippen molar-refractivity contribution in [2.24, 2.45) is 0 Å². The lowest BCUT2D eigenvalue weighted by atomic mass is 10.2. The van der Waals surface area contributed by atoms with E-state index in [1.807, 2.05) is 26.8 Å². The van der Waals surface area contributed by atoms with E-state index in [0.717, 1.165) is 18.5 Å². The molecule has 4 nitrogen and oxygen atoms in total. The van der Waals surface area contributed by atoms with Crippen LogP contribution in [-0.2, 0) is 16.6 Å². The van der Waals surface area contributed by atoms with Crippen LogP contribution in [-0.4, -0.2) is 21.0 Å².